The molecule has 0 unspecified atom stereocenters. The number of nitro benzene ring substituents is 1. The van der Waals surface area contributed by atoms with Crippen LogP contribution < -0.4 is 10.6 Å². The van der Waals surface area contributed by atoms with Gasteiger partial charge in [-0.15, -0.1) is 10.2 Å². The number of rotatable bonds is 11. The minimum atomic E-state index is -0.537. The molecular weight excluding hydrogens is 480 g/mol. The van der Waals surface area contributed by atoms with E-state index in [2.05, 4.69) is 20.8 Å². The summed E-state index contributed by atoms with van der Waals surface area (Å²) in [5.74, 6) is 0.137. The lowest BCUT2D eigenvalue weighted by atomic mass is 10.0. The normalized spacial score (nSPS) is 12.7. The zero-order chi connectivity index (χ0) is 26.2. The number of hydrogen-bond donors (Lipinski definition) is 2. The number of hydrogen-bond acceptors (Lipinski definition) is 7. The van der Waals surface area contributed by atoms with Gasteiger partial charge in [0.2, 0.25) is 5.91 Å². The van der Waals surface area contributed by atoms with E-state index in [0.717, 1.165) is 5.56 Å². The summed E-state index contributed by atoms with van der Waals surface area (Å²) in [5, 5.41) is 26.2. The number of benzene rings is 2. The number of carbonyl (C=O) groups is 2. The van der Waals surface area contributed by atoms with Gasteiger partial charge < -0.3 is 15.2 Å². The topological polar surface area (TPSA) is 132 Å². The Balaban J connectivity index is 1.70. The number of amides is 2. The molecule has 3 rings (SSSR count). The van der Waals surface area contributed by atoms with E-state index in [1.54, 1.807) is 0 Å². The van der Waals surface area contributed by atoms with Gasteiger partial charge in [-0.2, -0.15) is 0 Å². The minimum absolute atomic E-state index is 0.0324. The van der Waals surface area contributed by atoms with Gasteiger partial charge in [0.25, 0.3) is 11.6 Å². The minimum Gasteiger partial charge on any atom is -0.349 e. The molecule has 190 valence electrons. The molecule has 0 aliphatic rings. The number of non-ortho nitro benzene ring substituents is 1. The van der Waals surface area contributed by atoms with E-state index in [0.29, 0.717) is 17.5 Å². The third-order valence-electron chi connectivity index (χ3n) is 5.62. The summed E-state index contributed by atoms with van der Waals surface area (Å²) >= 11 is 1.28. The lowest BCUT2D eigenvalue weighted by Gasteiger charge is -2.22. The molecule has 2 N–H and O–H groups in total. The van der Waals surface area contributed by atoms with Crippen LogP contribution in [-0.4, -0.2) is 37.3 Å². The van der Waals surface area contributed by atoms with Gasteiger partial charge in [0.15, 0.2) is 11.0 Å². The molecule has 2 aromatic carbocycles. The fourth-order valence-corrected chi connectivity index (χ4v) is 4.51. The molecule has 0 spiro atoms. The molecule has 1 heterocycles. The fourth-order valence-electron chi connectivity index (χ4n) is 3.69. The van der Waals surface area contributed by atoms with Crippen LogP contribution in [0.5, 0.6) is 0 Å². The summed E-state index contributed by atoms with van der Waals surface area (Å²) in [4.78, 5) is 36.0. The number of nitro groups is 1. The van der Waals surface area contributed by atoms with Crippen molar-refractivity contribution in [3.8, 4) is 0 Å². The Labute approximate surface area is 214 Å². The van der Waals surface area contributed by atoms with Crippen molar-refractivity contribution in [2.75, 3.05) is 5.75 Å². The van der Waals surface area contributed by atoms with Gasteiger partial charge in [0.05, 0.1) is 22.8 Å². The first kappa shape index (κ1) is 26.9. The summed E-state index contributed by atoms with van der Waals surface area (Å²) in [6, 6.07) is 14.7. The van der Waals surface area contributed by atoms with Crippen molar-refractivity contribution in [2.45, 2.75) is 51.5 Å². The predicted octanol–water partition coefficient (Wildman–Crippen LogP) is 4.30. The second kappa shape index (κ2) is 12.3. The predicted molar refractivity (Wildman–Crippen MR) is 138 cm³/mol. The van der Waals surface area contributed by atoms with E-state index < -0.39 is 16.9 Å². The average molecular weight is 511 g/mol. The maximum Gasteiger partial charge on any atom is 0.270 e. The molecule has 11 heteroatoms. The number of thioether (sulfide) groups is 1. The van der Waals surface area contributed by atoms with E-state index in [9.17, 15) is 19.7 Å². The number of carbonyl (C=O) groups excluding carboxylic acids is 2. The van der Waals surface area contributed by atoms with Crippen LogP contribution in [0.3, 0.4) is 0 Å². The first-order chi connectivity index (χ1) is 17.2. The number of nitrogens with one attached hydrogen (secondary N) is 2. The Hall–Kier alpha value is -3.73. The van der Waals surface area contributed by atoms with Gasteiger partial charge in [0, 0.05) is 24.2 Å². The molecule has 0 saturated heterocycles. The highest BCUT2D eigenvalue weighted by Gasteiger charge is 2.27. The molecular formula is C25H30N6O4S. The molecule has 2 atom stereocenters. The highest BCUT2D eigenvalue weighted by molar-refractivity contribution is 7.99. The van der Waals surface area contributed by atoms with Crippen LogP contribution >= 0.6 is 11.8 Å². The molecule has 2 amide bonds. The third kappa shape index (κ3) is 6.69. The van der Waals surface area contributed by atoms with Gasteiger partial charge in [-0.05, 0) is 31.4 Å². The maximum atomic E-state index is 12.9. The molecule has 0 saturated carbocycles. The van der Waals surface area contributed by atoms with Gasteiger partial charge in [0.1, 0.15) is 0 Å². The van der Waals surface area contributed by atoms with E-state index in [1.807, 2.05) is 62.6 Å². The van der Waals surface area contributed by atoms with Crippen molar-refractivity contribution in [1.29, 1.82) is 0 Å². The average Bonchev–Trinajstić information content (AvgIpc) is 3.28. The fraction of sp³-hybridized carbons (Fsp3) is 0.360. The molecule has 3 aromatic rings. The quantitative estimate of drug-likeness (QED) is 0.223. The Kier molecular flexibility index (Phi) is 9.18. The zero-order valence-electron chi connectivity index (χ0n) is 20.7. The Bertz CT molecular complexity index is 1210. The van der Waals surface area contributed by atoms with Crippen LogP contribution in [0.4, 0.5) is 5.69 Å². The maximum absolute atomic E-state index is 12.9. The monoisotopic (exact) mass is 510 g/mol. The van der Waals surface area contributed by atoms with E-state index in [1.165, 1.54) is 36.0 Å². The lowest BCUT2D eigenvalue weighted by Crippen LogP contribution is -2.34. The van der Waals surface area contributed by atoms with Gasteiger partial charge in [-0.25, -0.2) is 0 Å². The molecule has 0 fully saturated rings. The lowest BCUT2D eigenvalue weighted by molar-refractivity contribution is -0.384. The summed E-state index contributed by atoms with van der Waals surface area (Å²) < 4.78 is 1.87. The van der Waals surface area contributed by atoms with Crippen molar-refractivity contribution >= 4 is 29.3 Å². The van der Waals surface area contributed by atoms with Crippen LogP contribution in [0, 0.1) is 16.0 Å². The number of aromatic nitrogens is 3. The standard InChI is InChI=1S/C25H30N6O4S/c1-5-30-23(22(16(2)3)27-24(33)19-12-9-13-20(14-19)31(34)35)28-29-25(30)36-15-21(32)26-17(4)18-10-7-6-8-11-18/h6-14,16-17,22H,5,15H2,1-4H3,(H,26,32)(H,27,33)/t17-,22+/m0/s1. The van der Waals surface area contributed by atoms with Crippen LogP contribution in [-0.2, 0) is 11.3 Å². The summed E-state index contributed by atoms with van der Waals surface area (Å²) in [7, 11) is 0. The van der Waals surface area contributed by atoms with E-state index >= 15 is 0 Å². The molecule has 0 bridgehead atoms. The number of nitrogens with zero attached hydrogens (tertiary/aromatic N) is 4. The van der Waals surface area contributed by atoms with Crippen LogP contribution in [0.1, 0.15) is 61.5 Å². The molecule has 0 aliphatic heterocycles. The van der Waals surface area contributed by atoms with Crippen molar-refractivity contribution in [3.05, 3.63) is 81.7 Å². The van der Waals surface area contributed by atoms with Gasteiger partial charge >= 0.3 is 0 Å². The summed E-state index contributed by atoms with van der Waals surface area (Å²) in [6.45, 7) is 8.30. The van der Waals surface area contributed by atoms with Crippen molar-refractivity contribution < 1.29 is 14.5 Å². The molecule has 36 heavy (non-hydrogen) atoms. The van der Waals surface area contributed by atoms with Crippen LogP contribution in [0.15, 0.2) is 59.8 Å². The van der Waals surface area contributed by atoms with Gasteiger partial charge in [-0.3, -0.25) is 19.7 Å². The Morgan fingerprint density at radius 1 is 1.06 bits per heavy atom. The SMILES string of the molecule is CCn1c(SCC(=O)N[C@@H](C)c2ccccc2)nnc1[C@H](NC(=O)c1cccc([N+](=O)[O-])c1)C(C)C. The largest absolute Gasteiger partial charge is 0.349 e. The summed E-state index contributed by atoms with van der Waals surface area (Å²) in [6.07, 6.45) is 0. The zero-order valence-corrected chi connectivity index (χ0v) is 21.5. The van der Waals surface area contributed by atoms with Crippen molar-refractivity contribution in [2.24, 2.45) is 5.92 Å². The third-order valence-corrected chi connectivity index (χ3v) is 6.59. The molecule has 10 nitrogen and oxygen atoms in total. The van der Waals surface area contributed by atoms with Crippen LogP contribution in [0.25, 0.3) is 0 Å². The highest BCUT2D eigenvalue weighted by Crippen LogP contribution is 2.26. The Morgan fingerprint density at radius 2 is 1.78 bits per heavy atom. The van der Waals surface area contributed by atoms with E-state index in [-0.39, 0.29) is 34.9 Å². The highest BCUT2D eigenvalue weighted by atomic mass is 32.2. The summed E-state index contributed by atoms with van der Waals surface area (Å²) in [5.41, 5.74) is 1.06. The first-order valence-electron chi connectivity index (χ1n) is 11.7. The molecule has 1 aromatic heterocycles. The molecule has 0 radical (unpaired) electrons. The Morgan fingerprint density at radius 3 is 2.42 bits per heavy atom. The van der Waals surface area contributed by atoms with Gasteiger partial charge in [-0.1, -0.05) is 62.0 Å². The smallest absolute Gasteiger partial charge is 0.270 e. The second-order valence-electron chi connectivity index (χ2n) is 8.58. The van der Waals surface area contributed by atoms with E-state index in [4.69, 9.17) is 0 Å². The van der Waals surface area contributed by atoms with Crippen LogP contribution in [0.2, 0.25) is 0 Å². The molecule has 0 aliphatic carbocycles. The van der Waals surface area contributed by atoms with Crippen molar-refractivity contribution in [3.63, 3.8) is 0 Å². The first-order valence-corrected chi connectivity index (χ1v) is 12.6. The second-order valence-corrected chi connectivity index (χ2v) is 9.52. The van der Waals surface area contributed by atoms with Crippen molar-refractivity contribution in [1.82, 2.24) is 25.4 Å².